The molecule has 2 saturated heterocycles. The lowest BCUT2D eigenvalue weighted by atomic mass is 10.1. The minimum Gasteiger partial charge on any atom is -0.340 e. The fraction of sp³-hybridized carbons (Fsp3) is 0.348. The van der Waals surface area contributed by atoms with Crippen molar-refractivity contribution in [2.75, 3.05) is 5.75 Å². The highest BCUT2D eigenvalue weighted by Gasteiger charge is 2.53. The van der Waals surface area contributed by atoms with Crippen LogP contribution >= 0.6 is 11.8 Å². The Balaban J connectivity index is 1.51. The van der Waals surface area contributed by atoms with Crippen LogP contribution in [0.1, 0.15) is 37.2 Å². The van der Waals surface area contributed by atoms with Gasteiger partial charge in [0.1, 0.15) is 17.9 Å². The molecule has 6 nitrogen and oxygen atoms in total. The fourth-order valence-electron chi connectivity index (χ4n) is 4.62. The Kier molecular flexibility index (Phi) is 4.58. The van der Waals surface area contributed by atoms with Gasteiger partial charge in [0.05, 0.1) is 15.9 Å². The molecule has 0 spiro atoms. The topological polar surface area (TPSA) is 67.2 Å². The van der Waals surface area contributed by atoms with E-state index in [-0.39, 0.29) is 16.7 Å². The largest absolute Gasteiger partial charge is 0.340 e. The van der Waals surface area contributed by atoms with Gasteiger partial charge in [0.25, 0.3) is 0 Å². The van der Waals surface area contributed by atoms with Gasteiger partial charge in [0.15, 0.2) is 0 Å². The molecule has 3 atom stereocenters. The highest BCUT2D eigenvalue weighted by molar-refractivity contribution is 8.01. The van der Waals surface area contributed by atoms with Crippen LogP contribution in [0.25, 0.3) is 11.0 Å². The molecule has 3 heterocycles. The maximum atomic E-state index is 13.4. The van der Waals surface area contributed by atoms with E-state index in [1.807, 2.05) is 66.2 Å². The van der Waals surface area contributed by atoms with E-state index in [0.717, 1.165) is 28.8 Å². The van der Waals surface area contributed by atoms with Crippen molar-refractivity contribution in [2.45, 2.75) is 36.7 Å². The van der Waals surface area contributed by atoms with Crippen molar-refractivity contribution in [3.05, 3.63) is 66.0 Å². The SMILES string of the molecule is Cn1c(C(NC(=O)C2CSC3(C)CCC(=O)N23)c2ccccc2)nc2ccccc21. The van der Waals surface area contributed by atoms with Crippen LogP contribution in [-0.2, 0) is 16.6 Å². The van der Waals surface area contributed by atoms with Crippen molar-refractivity contribution in [3.63, 3.8) is 0 Å². The predicted molar refractivity (Wildman–Crippen MR) is 118 cm³/mol. The number of carbonyl (C=O) groups is 2. The normalized spacial score (nSPS) is 24.3. The molecule has 2 aromatic carbocycles. The van der Waals surface area contributed by atoms with Crippen molar-refractivity contribution in [2.24, 2.45) is 7.05 Å². The molecule has 0 saturated carbocycles. The summed E-state index contributed by atoms with van der Waals surface area (Å²) in [6, 6.07) is 17.0. The quantitative estimate of drug-likeness (QED) is 0.704. The smallest absolute Gasteiger partial charge is 0.244 e. The van der Waals surface area contributed by atoms with Crippen molar-refractivity contribution >= 4 is 34.6 Å². The Morgan fingerprint density at radius 3 is 2.70 bits per heavy atom. The van der Waals surface area contributed by atoms with E-state index in [1.165, 1.54) is 0 Å². The van der Waals surface area contributed by atoms with E-state index in [1.54, 1.807) is 16.7 Å². The molecule has 2 fully saturated rings. The summed E-state index contributed by atoms with van der Waals surface area (Å²) in [5.41, 5.74) is 2.87. The lowest BCUT2D eigenvalue weighted by Gasteiger charge is -2.31. The number of nitrogens with one attached hydrogen (secondary N) is 1. The van der Waals surface area contributed by atoms with Gasteiger partial charge in [0, 0.05) is 19.2 Å². The number of thioether (sulfide) groups is 1. The number of rotatable bonds is 4. The lowest BCUT2D eigenvalue weighted by Crippen LogP contribution is -2.51. The Morgan fingerprint density at radius 2 is 1.93 bits per heavy atom. The van der Waals surface area contributed by atoms with Crippen LogP contribution in [-0.4, -0.2) is 42.9 Å². The molecule has 2 aliphatic heterocycles. The van der Waals surface area contributed by atoms with E-state index in [4.69, 9.17) is 4.98 Å². The molecule has 0 radical (unpaired) electrons. The number of hydrogen-bond donors (Lipinski definition) is 1. The molecule has 5 rings (SSSR count). The van der Waals surface area contributed by atoms with Gasteiger partial charge in [-0.15, -0.1) is 11.8 Å². The summed E-state index contributed by atoms with van der Waals surface area (Å²) in [6.45, 7) is 2.07. The van der Waals surface area contributed by atoms with E-state index in [2.05, 4.69) is 12.2 Å². The van der Waals surface area contributed by atoms with Gasteiger partial charge in [-0.2, -0.15) is 0 Å². The first-order valence-electron chi connectivity index (χ1n) is 10.2. The number of carbonyl (C=O) groups excluding carboxylic acids is 2. The van der Waals surface area contributed by atoms with E-state index in [0.29, 0.717) is 12.2 Å². The van der Waals surface area contributed by atoms with E-state index >= 15 is 0 Å². The minimum absolute atomic E-state index is 0.0710. The highest BCUT2D eigenvalue weighted by atomic mass is 32.2. The molecule has 2 aliphatic rings. The number of aryl methyl sites for hydroxylation is 1. The standard InChI is InChI=1S/C23H24N4O2S/c1-23-13-12-19(28)27(23)18(14-30-23)22(29)25-20(15-8-4-3-5-9-15)21-24-16-10-6-7-11-17(16)26(21)2/h3-11,18,20H,12-14H2,1-2H3,(H,25,29). The van der Waals surface area contributed by atoms with Crippen molar-refractivity contribution in [1.82, 2.24) is 19.8 Å². The third kappa shape index (κ3) is 2.99. The van der Waals surface area contributed by atoms with Crippen molar-refractivity contribution in [3.8, 4) is 0 Å². The first kappa shape index (κ1) is 19.2. The van der Waals surface area contributed by atoms with Crippen LogP contribution in [0.15, 0.2) is 54.6 Å². The van der Waals surface area contributed by atoms with Gasteiger partial charge in [0.2, 0.25) is 11.8 Å². The molecular weight excluding hydrogens is 396 g/mol. The molecule has 7 heteroatoms. The molecule has 1 N–H and O–H groups in total. The minimum atomic E-state index is -0.448. The number of amides is 2. The van der Waals surface area contributed by atoms with Crippen molar-refractivity contribution in [1.29, 1.82) is 0 Å². The number of hydrogen-bond acceptors (Lipinski definition) is 4. The molecule has 3 aromatic rings. The zero-order valence-corrected chi connectivity index (χ0v) is 17.9. The summed E-state index contributed by atoms with van der Waals surface area (Å²) < 4.78 is 2.03. The molecule has 2 amide bonds. The molecule has 3 unspecified atom stereocenters. The Morgan fingerprint density at radius 1 is 1.20 bits per heavy atom. The van der Waals surface area contributed by atoms with Gasteiger partial charge >= 0.3 is 0 Å². The first-order chi connectivity index (χ1) is 14.5. The maximum Gasteiger partial charge on any atom is 0.244 e. The fourth-order valence-corrected chi connectivity index (χ4v) is 6.05. The lowest BCUT2D eigenvalue weighted by molar-refractivity contribution is -0.138. The second kappa shape index (κ2) is 7.16. The van der Waals surface area contributed by atoms with Gasteiger partial charge in [-0.3, -0.25) is 9.59 Å². The van der Waals surface area contributed by atoms with Crippen LogP contribution in [0, 0.1) is 0 Å². The third-order valence-electron chi connectivity index (χ3n) is 6.25. The van der Waals surface area contributed by atoms with Gasteiger partial charge < -0.3 is 14.8 Å². The first-order valence-corrected chi connectivity index (χ1v) is 11.2. The number of imidazole rings is 1. The summed E-state index contributed by atoms with van der Waals surface area (Å²) in [4.78, 5) is 32.3. The zero-order valence-electron chi connectivity index (χ0n) is 17.0. The molecule has 154 valence electrons. The van der Waals surface area contributed by atoms with Crippen LogP contribution in [0.5, 0.6) is 0 Å². The molecule has 1 aromatic heterocycles. The summed E-state index contributed by atoms with van der Waals surface area (Å²) in [7, 11) is 1.97. The zero-order chi connectivity index (χ0) is 20.9. The summed E-state index contributed by atoms with van der Waals surface area (Å²) >= 11 is 1.70. The maximum absolute atomic E-state index is 13.4. The predicted octanol–water partition coefficient (Wildman–Crippen LogP) is 3.23. The van der Waals surface area contributed by atoms with Crippen LogP contribution < -0.4 is 5.32 Å². The number of aromatic nitrogens is 2. The van der Waals surface area contributed by atoms with Gasteiger partial charge in [-0.05, 0) is 31.0 Å². The average Bonchev–Trinajstić information content (AvgIpc) is 3.38. The molecule has 30 heavy (non-hydrogen) atoms. The Bertz CT molecular complexity index is 1130. The second-order valence-corrected chi connectivity index (χ2v) is 9.64. The number of benzene rings is 2. The van der Waals surface area contributed by atoms with Gasteiger partial charge in [-0.1, -0.05) is 42.5 Å². The summed E-state index contributed by atoms with van der Waals surface area (Å²) in [6.07, 6.45) is 1.31. The van der Waals surface area contributed by atoms with Crippen LogP contribution in [0.4, 0.5) is 0 Å². The summed E-state index contributed by atoms with van der Waals surface area (Å²) in [5, 5.41) is 3.21. The Hall–Kier alpha value is -2.80. The molecular formula is C23H24N4O2S. The van der Waals surface area contributed by atoms with Crippen LogP contribution in [0.3, 0.4) is 0 Å². The second-order valence-electron chi connectivity index (χ2n) is 8.14. The number of fused-ring (bicyclic) bond motifs is 2. The van der Waals surface area contributed by atoms with E-state index in [9.17, 15) is 9.59 Å². The molecule has 0 aliphatic carbocycles. The van der Waals surface area contributed by atoms with Crippen molar-refractivity contribution < 1.29 is 9.59 Å². The average molecular weight is 421 g/mol. The van der Waals surface area contributed by atoms with Crippen LogP contribution in [0.2, 0.25) is 0 Å². The Labute approximate surface area is 179 Å². The number of para-hydroxylation sites is 2. The molecule has 0 bridgehead atoms. The monoisotopic (exact) mass is 420 g/mol. The third-order valence-corrected chi connectivity index (χ3v) is 7.75. The summed E-state index contributed by atoms with van der Waals surface area (Å²) in [5.74, 6) is 1.35. The number of nitrogens with zero attached hydrogens (tertiary/aromatic N) is 3. The van der Waals surface area contributed by atoms with E-state index < -0.39 is 12.1 Å². The highest BCUT2D eigenvalue weighted by Crippen LogP contribution is 2.47. The van der Waals surface area contributed by atoms with Gasteiger partial charge in [-0.25, -0.2) is 4.98 Å².